The molecule has 0 saturated heterocycles. The number of benzene rings is 2. The molecule has 0 amide bonds. The molecule has 0 fully saturated rings. The van der Waals surface area contributed by atoms with Crippen molar-refractivity contribution in [2.75, 3.05) is 0 Å². The molecule has 0 aliphatic carbocycles. The van der Waals surface area contributed by atoms with Crippen molar-refractivity contribution in [2.24, 2.45) is 0 Å². The van der Waals surface area contributed by atoms with E-state index in [1.807, 2.05) is 6.07 Å². The van der Waals surface area contributed by atoms with Crippen LogP contribution in [-0.4, -0.2) is 15.2 Å². The molecule has 0 radical (unpaired) electrons. The Bertz CT molecular complexity index is 651. The Balaban J connectivity index is 2.15. The summed E-state index contributed by atoms with van der Waals surface area (Å²) in [6, 6.07) is 14.0. The fraction of sp³-hybridized carbons (Fsp3) is 0.188. The average Bonchev–Trinajstić information content (AvgIpc) is 2.50. The van der Waals surface area contributed by atoms with Gasteiger partial charge in [-0.15, -0.1) is 0 Å². The predicted molar refractivity (Wildman–Crippen MR) is 88.5 cm³/mol. The fourth-order valence-electron chi connectivity index (χ4n) is 1.89. The van der Waals surface area contributed by atoms with Crippen LogP contribution in [0.2, 0.25) is 10.0 Å². The maximum atomic E-state index is 12.4. The van der Waals surface area contributed by atoms with Crippen molar-refractivity contribution < 1.29 is 9.00 Å². The van der Waals surface area contributed by atoms with Crippen molar-refractivity contribution in [2.45, 2.75) is 17.9 Å². The molecular formula is C16H14Cl2O2S. The maximum absolute atomic E-state index is 12.4. The summed E-state index contributed by atoms with van der Waals surface area (Å²) in [5.74, 6) is 0.0234. The lowest BCUT2D eigenvalue weighted by atomic mass is 10.1. The van der Waals surface area contributed by atoms with Crippen LogP contribution < -0.4 is 0 Å². The normalized spacial score (nSPS) is 13.7. The molecule has 0 heterocycles. The summed E-state index contributed by atoms with van der Waals surface area (Å²) in [6.45, 7) is 1.66. The highest BCUT2D eigenvalue weighted by Crippen LogP contribution is 2.26. The van der Waals surface area contributed by atoms with Crippen molar-refractivity contribution in [3.05, 3.63) is 69.7 Å². The monoisotopic (exact) mass is 340 g/mol. The standard InChI is InChI=1S/C16H14Cl2O2S/c1-11(16(19)12-6-3-2-4-7-12)21(20)10-13-14(17)8-5-9-15(13)18/h2-9,11H,10H2,1H3. The summed E-state index contributed by atoms with van der Waals surface area (Å²) in [5, 5.41) is 0.324. The summed E-state index contributed by atoms with van der Waals surface area (Å²) >= 11 is 12.1. The van der Waals surface area contributed by atoms with E-state index in [9.17, 15) is 9.00 Å². The Labute approximate surface area is 136 Å². The van der Waals surface area contributed by atoms with Crippen molar-refractivity contribution in [3.63, 3.8) is 0 Å². The van der Waals surface area contributed by atoms with Crippen molar-refractivity contribution in [1.82, 2.24) is 0 Å². The first kappa shape index (κ1) is 16.2. The van der Waals surface area contributed by atoms with E-state index < -0.39 is 16.0 Å². The molecule has 2 nitrogen and oxygen atoms in total. The summed E-state index contributed by atoms with van der Waals surface area (Å²) < 4.78 is 12.4. The number of halogens is 2. The summed E-state index contributed by atoms with van der Waals surface area (Å²) in [5.41, 5.74) is 1.18. The highest BCUT2D eigenvalue weighted by molar-refractivity contribution is 7.85. The molecule has 2 rings (SSSR count). The average molecular weight is 341 g/mol. The highest BCUT2D eigenvalue weighted by atomic mass is 35.5. The van der Waals surface area contributed by atoms with E-state index in [1.54, 1.807) is 49.4 Å². The Morgan fingerprint density at radius 3 is 2.19 bits per heavy atom. The van der Waals surface area contributed by atoms with Crippen LogP contribution in [0.5, 0.6) is 0 Å². The molecule has 2 atom stereocenters. The molecule has 5 heteroatoms. The third-order valence-electron chi connectivity index (χ3n) is 3.17. The minimum absolute atomic E-state index is 0.142. The topological polar surface area (TPSA) is 34.1 Å². The zero-order valence-electron chi connectivity index (χ0n) is 11.4. The Hall–Kier alpha value is -1.16. The van der Waals surface area contributed by atoms with Crippen LogP contribution in [-0.2, 0) is 16.6 Å². The van der Waals surface area contributed by atoms with Gasteiger partial charge in [0.2, 0.25) is 0 Å². The Morgan fingerprint density at radius 1 is 1.05 bits per heavy atom. The summed E-state index contributed by atoms with van der Waals surface area (Å²) in [7, 11) is -1.39. The minimum atomic E-state index is -1.39. The maximum Gasteiger partial charge on any atom is 0.178 e. The van der Waals surface area contributed by atoms with Gasteiger partial charge in [0.15, 0.2) is 5.78 Å². The number of hydrogen-bond acceptors (Lipinski definition) is 2. The predicted octanol–water partition coefficient (Wildman–Crippen LogP) is 4.51. The molecule has 0 saturated carbocycles. The van der Waals surface area contributed by atoms with Gasteiger partial charge in [-0.05, 0) is 19.1 Å². The number of carbonyl (C=O) groups excluding carboxylic acids is 1. The van der Waals surface area contributed by atoms with Crippen LogP contribution in [0.4, 0.5) is 0 Å². The van der Waals surface area contributed by atoms with Gasteiger partial charge < -0.3 is 0 Å². The van der Waals surface area contributed by atoms with Gasteiger partial charge in [-0.25, -0.2) is 0 Å². The number of rotatable bonds is 5. The quantitative estimate of drug-likeness (QED) is 0.750. The van der Waals surface area contributed by atoms with Gasteiger partial charge >= 0.3 is 0 Å². The molecule has 0 spiro atoms. The summed E-state index contributed by atoms with van der Waals surface area (Å²) in [4.78, 5) is 12.3. The SMILES string of the molecule is CC(C(=O)c1ccccc1)S(=O)Cc1c(Cl)cccc1Cl. The van der Waals surface area contributed by atoms with Gasteiger partial charge in [0.1, 0.15) is 0 Å². The molecule has 0 aliphatic rings. The van der Waals surface area contributed by atoms with Crippen molar-refractivity contribution >= 4 is 39.8 Å². The van der Waals surface area contributed by atoms with Gasteiger partial charge in [-0.3, -0.25) is 9.00 Å². The van der Waals surface area contributed by atoms with Gasteiger partial charge in [0, 0.05) is 32.0 Å². The van der Waals surface area contributed by atoms with E-state index in [1.165, 1.54) is 0 Å². The largest absolute Gasteiger partial charge is 0.293 e. The second-order valence-corrected chi connectivity index (χ2v) is 7.17. The fourth-order valence-corrected chi connectivity index (χ4v) is 3.80. The van der Waals surface area contributed by atoms with Gasteiger partial charge in [-0.2, -0.15) is 0 Å². The number of Topliss-reactive ketones (excluding diaryl/α,β-unsaturated/α-hetero) is 1. The van der Waals surface area contributed by atoms with Crippen molar-refractivity contribution in [1.29, 1.82) is 0 Å². The lowest BCUT2D eigenvalue weighted by Gasteiger charge is -2.12. The first-order valence-corrected chi connectivity index (χ1v) is 8.54. The Morgan fingerprint density at radius 2 is 1.62 bits per heavy atom. The third kappa shape index (κ3) is 3.94. The van der Waals surface area contributed by atoms with E-state index in [4.69, 9.17) is 23.2 Å². The smallest absolute Gasteiger partial charge is 0.178 e. The van der Waals surface area contributed by atoms with Crippen molar-refractivity contribution in [3.8, 4) is 0 Å². The molecule has 21 heavy (non-hydrogen) atoms. The van der Waals surface area contributed by atoms with Crippen LogP contribution in [0.3, 0.4) is 0 Å². The molecule has 110 valence electrons. The van der Waals surface area contributed by atoms with Crippen LogP contribution >= 0.6 is 23.2 Å². The molecule has 0 aliphatic heterocycles. The first-order valence-electron chi connectivity index (χ1n) is 6.40. The molecule has 2 aromatic rings. The molecule has 2 aromatic carbocycles. The molecular weight excluding hydrogens is 327 g/mol. The zero-order chi connectivity index (χ0) is 15.4. The van der Waals surface area contributed by atoms with Crippen LogP contribution in [0.15, 0.2) is 48.5 Å². The number of carbonyl (C=O) groups is 1. The Kier molecular flexibility index (Phi) is 5.57. The minimum Gasteiger partial charge on any atom is -0.293 e. The lowest BCUT2D eigenvalue weighted by molar-refractivity contribution is 0.0992. The van der Waals surface area contributed by atoms with Gasteiger partial charge in [-0.1, -0.05) is 59.6 Å². The van der Waals surface area contributed by atoms with Gasteiger partial charge in [0.05, 0.1) is 11.0 Å². The van der Waals surface area contributed by atoms with Gasteiger partial charge in [0.25, 0.3) is 0 Å². The first-order chi connectivity index (χ1) is 10.0. The second kappa shape index (κ2) is 7.21. The second-order valence-electron chi connectivity index (χ2n) is 4.60. The van der Waals surface area contributed by atoms with E-state index in [0.717, 1.165) is 0 Å². The number of ketones is 1. The number of hydrogen-bond donors (Lipinski definition) is 0. The van der Waals surface area contributed by atoms with E-state index in [2.05, 4.69) is 0 Å². The van der Waals surface area contributed by atoms with Crippen LogP contribution in [0.25, 0.3) is 0 Å². The van der Waals surface area contributed by atoms with Crippen LogP contribution in [0.1, 0.15) is 22.8 Å². The zero-order valence-corrected chi connectivity index (χ0v) is 13.7. The third-order valence-corrected chi connectivity index (χ3v) is 5.45. The van der Waals surface area contributed by atoms with Crippen LogP contribution in [0, 0.1) is 0 Å². The molecule has 0 bridgehead atoms. The van der Waals surface area contributed by atoms with E-state index in [-0.39, 0.29) is 11.5 Å². The van der Waals surface area contributed by atoms with E-state index >= 15 is 0 Å². The van der Waals surface area contributed by atoms with E-state index in [0.29, 0.717) is 21.2 Å². The lowest BCUT2D eigenvalue weighted by Crippen LogP contribution is -2.23. The highest BCUT2D eigenvalue weighted by Gasteiger charge is 2.22. The summed E-state index contributed by atoms with van der Waals surface area (Å²) in [6.07, 6.45) is 0. The molecule has 0 N–H and O–H groups in total. The molecule has 0 aromatic heterocycles. The molecule has 2 unspecified atom stereocenters.